The SMILES string of the molecule is O=C1NCc2cccc(-c3ccco3)c2N1. The van der Waals surface area contributed by atoms with Crippen molar-refractivity contribution in [2.24, 2.45) is 0 Å². The Bertz CT molecular complexity index is 532. The average Bonchev–Trinajstić information content (AvgIpc) is 2.81. The zero-order valence-corrected chi connectivity index (χ0v) is 8.49. The molecule has 2 heterocycles. The van der Waals surface area contributed by atoms with Gasteiger partial charge in [-0.15, -0.1) is 0 Å². The first-order valence-electron chi connectivity index (χ1n) is 5.05. The second-order valence-electron chi connectivity index (χ2n) is 3.62. The summed E-state index contributed by atoms with van der Waals surface area (Å²) in [4.78, 5) is 11.3. The van der Waals surface area contributed by atoms with Crippen LogP contribution in [0.3, 0.4) is 0 Å². The van der Waals surface area contributed by atoms with Gasteiger partial charge in [-0.2, -0.15) is 0 Å². The molecule has 0 unspecified atom stereocenters. The first kappa shape index (κ1) is 9.03. The summed E-state index contributed by atoms with van der Waals surface area (Å²) in [7, 11) is 0. The second kappa shape index (κ2) is 3.41. The number of amides is 2. The van der Waals surface area contributed by atoms with E-state index in [-0.39, 0.29) is 6.03 Å². The fourth-order valence-electron chi connectivity index (χ4n) is 1.87. The first-order chi connectivity index (χ1) is 7.84. The maximum absolute atomic E-state index is 11.3. The number of hydrogen-bond acceptors (Lipinski definition) is 2. The van der Waals surface area contributed by atoms with Crippen LogP contribution in [0.15, 0.2) is 41.0 Å². The summed E-state index contributed by atoms with van der Waals surface area (Å²) in [5.74, 6) is 0.763. The zero-order chi connectivity index (χ0) is 11.0. The number of urea groups is 1. The van der Waals surface area contributed by atoms with Crippen molar-refractivity contribution in [3.8, 4) is 11.3 Å². The number of furan rings is 1. The number of carbonyl (C=O) groups excluding carboxylic acids is 1. The highest BCUT2D eigenvalue weighted by Gasteiger charge is 2.18. The van der Waals surface area contributed by atoms with E-state index in [1.807, 2.05) is 30.3 Å². The minimum absolute atomic E-state index is 0.175. The molecule has 1 aliphatic heterocycles. The van der Waals surface area contributed by atoms with Crippen LogP contribution in [-0.2, 0) is 6.54 Å². The molecular formula is C12H10N2O2. The molecule has 0 atom stereocenters. The quantitative estimate of drug-likeness (QED) is 0.766. The Labute approximate surface area is 92.3 Å². The topological polar surface area (TPSA) is 54.3 Å². The third-order valence-electron chi connectivity index (χ3n) is 2.62. The summed E-state index contributed by atoms with van der Waals surface area (Å²) in [5, 5.41) is 5.54. The standard InChI is InChI=1S/C12H10N2O2/c15-12-13-7-8-3-1-4-9(11(8)14-12)10-5-2-6-16-10/h1-6H,7H2,(H2,13,14,15). The number of para-hydroxylation sites is 1. The summed E-state index contributed by atoms with van der Waals surface area (Å²) >= 11 is 0. The molecule has 0 aliphatic carbocycles. The van der Waals surface area contributed by atoms with Crippen molar-refractivity contribution in [1.82, 2.24) is 5.32 Å². The molecule has 0 bridgehead atoms. The minimum Gasteiger partial charge on any atom is -0.464 e. The van der Waals surface area contributed by atoms with Gasteiger partial charge in [0.05, 0.1) is 12.0 Å². The lowest BCUT2D eigenvalue weighted by Gasteiger charge is -2.20. The van der Waals surface area contributed by atoms with Gasteiger partial charge in [-0.3, -0.25) is 0 Å². The molecule has 4 nitrogen and oxygen atoms in total. The van der Waals surface area contributed by atoms with E-state index in [0.717, 1.165) is 22.6 Å². The number of carbonyl (C=O) groups is 1. The fourth-order valence-corrected chi connectivity index (χ4v) is 1.87. The molecule has 4 heteroatoms. The van der Waals surface area contributed by atoms with Crippen molar-refractivity contribution >= 4 is 11.7 Å². The van der Waals surface area contributed by atoms with Gasteiger partial charge in [0.15, 0.2) is 0 Å². The van der Waals surface area contributed by atoms with Gasteiger partial charge < -0.3 is 15.1 Å². The lowest BCUT2D eigenvalue weighted by molar-refractivity contribution is 0.251. The minimum atomic E-state index is -0.175. The van der Waals surface area contributed by atoms with Crippen LogP contribution in [0.1, 0.15) is 5.56 Å². The van der Waals surface area contributed by atoms with Crippen molar-refractivity contribution in [2.45, 2.75) is 6.54 Å². The molecule has 2 amide bonds. The van der Waals surface area contributed by atoms with Crippen molar-refractivity contribution in [1.29, 1.82) is 0 Å². The van der Waals surface area contributed by atoms with Crippen LogP contribution < -0.4 is 10.6 Å². The molecule has 2 N–H and O–H groups in total. The van der Waals surface area contributed by atoms with Gasteiger partial charge in [-0.05, 0) is 23.8 Å². The molecule has 16 heavy (non-hydrogen) atoms. The first-order valence-corrected chi connectivity index (χ1v) is 5.05. The Balaban J connectivity index is 2.16. The summed E-state index contributed by atoms with van der Waals surface area (Å²) in [6.45, 7) is 0.551. The van der Waals surface area contributed by atoms with Gasteiger partial charge >= 0.3 is 6.03 Å². The van der Waals surface area contributed by atoms with Crippen molar-refractivity contribution in [2.75, 3.05) is 5.32 Å². The Morgan fingerprint density at radius 3 is 2.94 bits per heavy atom. The second-order valence-corrected chi connectivity index (χ2v) is 3.62. The van der Waals surface area contributed by atoms with E-state index in [0.29, 0.717) is 6.54 Å². The monoisotopic (exact) mass is 214 g/mol. The van der Waals surface area contributed by atoms with Crippen LogP contribution in [0.5, 0.6) is 0 Å². The predicted octanol–water partition coefficient (Wildman–Crippen LogP) is 2.58. The zero-order valence-electron chi connectivity index (χ0n) is 8.49. The number of benzene rings is 1. The molecule has 1 aromatic carbocycles. The van der Waals surface area contributed by atoms with Gasteiger partial charge in [-0.1, -0.05) is 12.1 Å². The van der Waals surface area contributed by atoms with E-state index in [1.165, 1.54) is 0 Å². The van der Waals surface area contributed by atoms with Gasteiger partial charge in [0.1, 0.15) is 5.76 Å². The van der Waals surface area contributed by atoms with Crippen LogP contribution in [0.2, 0.25) is 0 Å². The van der Waals surface area contributed by atoms with Crippen LogP contribution in [0.4, 0.5) is 10.5 Å². The molecule has 2 aromatic rings. The Morgan fingerprint density at radius 2 is 2.12 bits per heavy atom. The highest BCUT2D eigenvalue weighted by molar-refractivity contribution is 5.97. The number of fused-ring (bicyclic) bond motifs is 1. The molecule has 3 rings (SSSR count). The Kier molecular flexibility index (Phi) is 1.93. The highest BCUT2D eigenvalue weighted by Crippen LogP contribution is 2.32. The van der Waals surface area contributed by atoms with E-state index in [2.05, 4.69) is 10.6 Å². The van der Waals surface area contributed by atoms with E-state index < -0.39 is 0 Å². The molecule has 0 radical (unpaired) electrons. The van der Waals surface area contributed by atoms with Crippen LogP contribution in [0, 0.1) is 0 Å². The number of hydrogen-bond donors (Lipinski definition) is 2. The number of nitrogens with one attached hydrogen (secondary N) is 2. The Morgan fingerprint density at radius 1 is 1.19 bits per heavy atom. The molecular weight excluding hydrogens is 204 g/mol. The molecule has 0 spiro atoms. The highest BCUT2D eigenvalue weighted by atomic mass is 16.3. The molecule has 0 saturated heterocycles. The Hall–Kier alpha value is -2.23. The summed E-state index contributed by atoms with van der Waals surface area (Å²) in [6.07, 6.45) is 1.62. The van der Waals surface area contributed by atoms with Gasteiger partial charge in [-0.25, -0.2) is 4.79 Å². The molecule has 0 saturated carbocycles. The molecule has 1 aliphatic rings. The summed E-state index contributed by atoms with van der Waals surface area (Å²) in [6, 6.07) is 9.40. The predicted molar refractivity (Wildman–Crippen MR) is 60.0 cm³/mol. The smallest absolute Gasteiger partial charge is 0.319 e. The van der Waals surface area contributed by atoms with E-state index in [4.69, 9.17) is 4.42 Å². The summed E-state index contributed by atoms with van der Waals surface area (Å²) in [5.41, 5.74) is 2.81. The van der Waals surface area contributed by atoms with Crippen molar-refractivity contribution in [3.05, 3.63) is 42.2 Å². The van der Waals surface area contributed by atoms with Crippen molar-refractivity contribution in [3.63, 3.8) is 0 Å². The van der Waals surface area contributed by atoms with E-state index >= 15 is 0 Å². The third kappa shape index (κ3) is 1.35. The van der Waals surface area contributed by atoms with Crippen LogP contribution in [-0.4, -0.2) is 6.03 Å². The van der Waals surface area contributed by atoms with Crippen molar-refractivity contribution < 1.29 is 9.21 Å². The lowest BCUT2D eigenvalue weighted by Crippen LogP contribution is -2.33. The molecule has 1 aromatic heterocycles. The third-order valence-corrected chi connectivity index (χ3v) is 2.62. The van der Waals surface area contributed by atoms with Gasteiger partial charge in [0, 0.05) is 12.1 Å². The normalized spacial score (nSPS) is 13.9. The average molecular weight is 214 g/mol. The lowest BCUT2D eigenvalue weighted by atomic mass is 10.0. The van der Waals surface area contributed by atoms with E-state index in [1.54, 1.807) is 6.26 Å². The molecule has 0 fully saturated rings. The van der Waals surface area contributed by atoms with Crippen LogP contribution in [0.25, 0.3) is 11.3 Å². The summed E-state index contributed by atoms with van der Waals surface area (Å²) < 4.78 is 5.35. The van der Waals surface area contributed by atoms with Gasteiger partial charge in [0.25, 0.3) is 0 Å². The number of rotatable bonds is 1. The largest absolute Gasteiger partial charge is 0.464 e. The van der Waals surface area contributed by atoms with Crippen LogP contribution >= 0.6 is 0 Å². The molecule has 80 valence electrons. The van der Waals surface area contributed by atoms with E-state index in [9.17, 15) is 4.79 Å². The maximum atomic E-state index is 11.3. The number of anilines is 1. The van der Waals surface area contributed by atoms with Gasteiger partial charge in [0.2, 0.25) is 0 Å². The maximum Gasteiger partial charge on any atom is 0.319 e. The fraction of sp³-hybridized carbons (Fsp3) is 0.0833.